The SMILES string of the molecule is CO[Si](OC)(OCC=C(C)C)C1CCCCC1. The molecule has 0 radical (unpaired) electrons. The van der Waals surface area contributed by atoms with Crippen molar-refractivity contribution in [1.29, 1.82) is 0 Å². The minimum atomic E-state index is -2.45. The van der Waals surface area contributed by atoms with Gasteiger partial charge >= 0.3 is 8.80 Å². The van der Waals surface area contributed by atoms with Gasteiger partial charge in [-0.15, -0.1) is 0 Å². The Morgan fingerprint density at radius 2 is 1.71 bits per heavy atom. The van der Waals surface area contributed by atoms with E-state index in [-0.39, 0.29) is 0 Å². The summed E-state index contributed by atoms with van der Waals surface area (Å²) in [5, 5.41) is 0. The number of rotatable bonds is 6. The van der Waals surface area contributed by atoms with Crippen molar-refractivity contribution < 1.29 is 13.3 Å². The van der Waals surface area contributed by atoms with Crippen LogP contribution in [0.2, 0.25) is 5.54 Å². The van der Waals surface area contributed by atoms with Gasteiger partial charge in [-0.1, -0.05) is 30.9 Å². The van der Waals surface area contributed by atoms with Crippen LogP contribution in [-0.4, -0.2) is 29.6 Å². The fourth-order valence-electron chi connectivity index (χ4n) is 2.43. The zero-order valence-corrected chi connectivity index (χ0v) is 12.6. The van der Waals surface area contributed by atoms with E-state index < -0.39 is 8.80 Å². The Morgan fingerprint density at radius 3 is 2.18 bits per heavy atom. The number of hydrogen-bond donors (Lipinski definition) is 0. The van der Waals surface area contributed by atoms with Crippen molar-refractivity contribution in [2.75, 3.05) is 20.8 Å². The summed E-state index contributed by atoms with van der Waals surface area (Å²) in [5.74, 6) is 0. The van der Waals surface area contributed by atoms with Gasteiger partial charge in [0.2, 0.25) is 0 Å². The van der Waals surface area contributed by atoms with E-state index in [9.17, 15) is 0 Å². The van der Waals surface area contributed by atoms with Gasteiger partial charge in [0.1, 0.15) is 0 Å². The van der Waals surface area contributed by atoms with Crippen LogP contribution in [0.25, 0.3) is 0 Å². The molecule has 0 unspecified atom stereocenters. The molecule has 0 N–H and O–H groups in total. The highest BCUT2D eigenvalue weighted by atomic mass is 28.4. The second-order valence-electron chi connectivity index (χ2n) is 4.94. The summed E-state index contributed by atoms with van der Waals surface area (Å²) >= 11 is 0. The van der Waals surface area contributed by atoms with E-state index in [1.165, 1.54) is 37.7 Å². The van der Waals surface area contributed by atoms with Crippen LogP contribution in [0.4, 0.5) is 0 Å². The van der Waals surface area contributed by atoms with E-state index in [0.29, 0.717) is 12.1 Å². The molecule has 1 fully saturated rings. The quantitative estimate of drug-likeness (QED) is 0.539. The highest BCUT2D eigenvalue weighted by molar-refractivity contribution is 6.62. The van der Waals surface area contributed by atoms with E-state index >= 15 is 0 Å². The Labute approximate surface area is 107 Å². The predicted octanol–water partition coefficient (Wildman–Crippen LogP) is 3.54. The Bertz CT molecular complexity index is 239. The third-order valence-electron chi connectivity index (χ3n) is 3.45. The molecule has 4 heteroatoms. The van der Waals surface area contributed by atoms with E-state index in [1.807, 2.05) is 0 Å². The highest BCUT2D eigenvalue weighted by Crippen LogP contribution is 2.38. The molecule has 0 aliphatic heterocycles. The second kappa shape index (κ2) is 7.31. The molecule has 0 aromatic carbocycles. The third-order valence-corrected chi connectivity index (χ3v) is 6.73. The molecule has 100 valence electrons. The molecule has 17 heavy (non-hydrogen) atoms. The molecule has 3 nitrogen and oxygen atoms in total. The molecule has 0 aromatic rings. The van der Waals surface area contributed by atoms with Gasteiger partial charge in [0, 0.05) is 19.8 Å². The first-order valence-corrected chi connectivity index (χ1v) is 8.32. The van der Waals surface area contributed by atoms with Crippen molar-refractivity contribution in [3.63, 3.8) is 0 Å². The molecule has 1 saturated carbocycles. The lowest BCUT2D eigenvalue weighted by molar-refractivity contribution is 0.0917. The smallest absolute Gasteiger partial charge is 0.377 e. The molecule has 0 saturated heterocycles. The number of allylic oxidation sites excluding steroid dienone is 1. The molecule has 0 heterocycles. The minimum absolute atomic E-state index is 0.483. The average Bonchev–Trinajstić information content (AvgIpc) is 2.36. The zero-order valence-electron chi connectivity index (χ0n) is 11.6. The van der Waals surface area contributed by atoms with E-state index in [0.717, 1.165) is 0 Å². The predicted molar refractivity (Wildman–Crippen MR) is 72.0 cm³/mol. The third kappa shape index (κ3) is 4.21. The highest BCUT2D eigenvalue weighted by Gasteiger charge is 2.47. The zero-order chi connectivity index (χ0) is 12.7. The molecule has 0 amide bonds. The first-order valence-electron chi connectivity index (χ1n) is 6.52. The van der Waals surface area contributed by atoms with Crippen molar-refractivity contribution >= 4 is 8.80 Å². The summed E-state index contributed by atoms with van der Waals surface area (Å²) in [4.78, 5) is 0. The molecule has 0 atom stereocenters. The van der Waals surface area contributed by atoms with Crippen LogP contribution in [0.15, 0.2) is 11.6 Å². The van der Waals surface area contributed by atoms with Crippen LogP contribution in [-0.2, 0) is 13.3 Å². The normalized spacial score (nSPS) is 18.1. The lowest BCUT2D eigenvalue weighted by Gasteiger charge is -2.35. The fraction of sp³-hybridized carbons (Fsp3) is 0.846. The number of hydrogen-bond acceptors (Lipinski definition) is 3. The summed E-state index contributed by atoms with van der Waals surface area (Å²) in [7, 11) is 1.00. The van der Waals surface area contributed by atoms with Crippen LogP contribution in [0, 0.1) is 0 Å². The van der Waals surface area contributed by atoms with Crippen LogP contribution < -0.4 is 0 Å². The van der Waals surface area contributed by atoms with Gasteiger partial charge < -0.3 is 13.3 Å². The van der Waals surface area contributed by atoms with Gasteiger partial charge in [0.05, 0.1) is 6.61 Å². The molecule has 0 spiro atoms. The van der Waals surface area contributed by atoms with Crippen molar-refractivity contribution in [2.24, 2.45) is 0 Å². The van der Waals surface area contributed by atoms with Crippen LogP contribution in [0.3, 0.4) is 0 Å². The second-order valence-corrected chi connectivity index (χ2v) is 8.07. The summed E-state index contributed by atoms with van der Waals surface area (Å²) in [6.07, 6.45) is 8.34. The topological polar surface area (TPSA) is 27.7 Å². The van der Waals surface area contributed by atoms with Crippen LogP contribution >= 0.6 is 0 Å². The summed E-state index contributed by atoms with van der Waals surface area (Å²) in [6, 6.07) is 0. The monoisotopic (exact) mass is 258 g/mol. The fourth-order valence-corrected chi connectivity index (χ4v) is 5.17. The summed E-state index contributed by atoms with van der Waals surface area (Å²) in [5.41, 5.74) is 1.75. The van der Waals surface area contributed by atoms with Crippen molar-refractivity contribution in [1.82, 2.24) is 0 Å². The van der Waals surface area contributed by atoms with Crippen molar-refractivity contribution in [3.8, 4) is 0 Å². The Morgan fingerprint density at radius 1 is 1.12 bits per heavy atom. The average molecular weight is 258 g/mol. The van der Waals surface area contributed by atoms with Gasteiger partial charge in [-0.3, -0.25) is 0 Å². The molecule has 0 aromatic heterocycles. The Hall–Kier alpha value is -0.163. The molecule has 1 aliphatic rings. The summed E-state index contributed by atoms with van der Waals surface area (Å²) < 4.78 is 17.3. The maximum Gasteiger partial charge on any atom is 0.503 e. The molecular weight excluding hydrogens is 232 g/mol. The first-order chi connectivity index (χ1) is 8.14. The van der Waals surface area contributed by atoms with Gasteiger partial charge in [-0.25, -0.2) is 0 Å². The molecular formula is C13H26O3Si. The van der Waals surface area contributed by atoms with Crippen LogP contribution in [0.5, 0.6) is 0 Å². The maximum atomic E-state index is 6.00. The van der Waals surface area contributed by atoms with Crippen LogP contribution in [0.1, 0.15) is 46.0 Å². The Kier molecular flexibility index (Phi) is 6.41. The first kappa shape index (κ1) is 14.9. The minimum Gasteiger partial charge on any atom is -0.377 e. The lowest BCUT2D eigenvalue weighted by atomic mass is 10.0. The lowest BCUT2D eigenvalue weighted by Crippen LogP contribution is -2.49. The summed E-state index contributed by atoms with van der Waals surface area (Å²) in [6.45, 7) is 4.76. The van der Waals surface area contributed by atoms with Gasteiger partial charge in [-0.2, -0.15) is 0 Å². The molecule has 1 aliphatic carbocycles. The van der Waals surface area contributed by atoms with Crippen molar-refractivity contribution in [2.45, 2.75) is 51.5 Å². The Balaban J connectivity index is 2.62. The molecule has 1 rings (SSSR count). The van der Waals surface area contributed by atoms with Crippen molar-refractivity contribution in [3.05, 3.63) is 11.6 Å². The molecule has 0 bridgehead atoms. The largest absolute Gasteiger partial charge is 0.503 e. The van der Waals surface area contributed by atoms with Gasteiger partial charge in [0.25, 0.3) is 0 Å². The van der Waals surface area contributed by atoms with Gasteiger partial charge in [-0.05, 0) is 26.7 Å². The van der Waals surface area contributed by atoms with Gasteiger partial charge in [0.15, 0.2) is 0 Å². The van der Waals surface area contributed by atoms with E-state index in [1.54, 1.807) is 14.2 Å². The van der Waals surface area contributed by atoms with E-state index in [4.69, 9.17) is 13.3 Å². The van der Waals surface area contributed by atoms with E-state index in [2.05, 4.69) is 19.9 Å². The standard InChI is InChI=1S/C13H26O3Si/c1-12(2)10-11-16-17(14-3,15-4)13-8-6-5-7-9-13/h10,13H,5-9,11H2,1-4H3. The maximum absolute atomic E-state index is 6.00.